The van der Waals surface area contributed by atoms with Crippen molar-refractivity contribution in [1.82, 2.24) is 0 Å². The van der Waals surface area contributed by atoms with Crippen LogP contribution in [0, 0.1) is 35.0 Å². The van der Waals surface area contributed by atoms with Crippen molar-refractivity contribution in [2.45, 2.75) is 64.4 Å². The van der Waals surface area contributed by atoms with Crippen LogP contribution in [0.3, 0.4) is 0 Å². The summed E-state index contributed by atoms with van der Waals surface area (Å²) in [6, 6.07) is 0. The van der Waals surface area contributed by atoms with E-state index in [1.165, 1.54) is 44.9 Å². The summed E-state index contributed by atoms with van der Waals surface area (Å²) in [5, 5.41) is 10.4. The number of aliphatic hydroxyl groups is 1. The molecule has 0 saturated heterocycles. The fourth-order valence-electron chi connectivity index (χ4n) is 6.39. The second-order valence-corrected chi connectivity index (χ2v) is 8.02. The first-order valence-electron chi connectivity index (χ1n) is 8.53. The van der Waals surface area contributed by atoms with Gasteiger partial charge in [0.15, 0.2) is 0 Å². The summed E-state index contributed by atoms with van der Waals surface area (Å²) in [5.74, 6) is 4.71. The standard InChI is InChI=1S/C18H28O/c1-18-11-10-14-13-5-3-2-4-12(13)6-7-15(14)16(18)8-9-17(18)19/h2-3,12-17,19H,4-11H2,1H3. The quantitative estimate of drug-likeness (QED) is 0.648. The van der Waals surface area contributed by atoms with E-state index in [0.717, 1.165) is 36.0 Å². The van der Waals surface area contributed by atoms with Crippen molar-refractivity contribution in [1.29, 1.82) is 0 Å². The molecule has 0 aromatic rings. The van der Waals surface area contributed by atoms with Crippen LogP contribution in [0.2, 0.25) is 0 Å². The Morgan fingerprint density at radius 2 is 1.74 bits per heavy atom. The Kier molecular flexibility index (Phi) is 2.85. The Morgan fingerprint density at radius 3 is 2.63 bits per heavy atom. The van der Waals surface area contributed by atoms with Gasteiger partial charge < -0.3 is 5.11 Å². The maximum absolute atomic E-state index is 10.4. The summed E-state index contributed by atoms with van der Waals surface area (Å²) in [7, 11) is 0. The molecule has 106 valence electrons. The van der Waals surface area contributed by atoms with Crippen LogP contribution >= 0.6 is 0 Å². The number of allylic oxidation sites excluding steroid dienone is 2. The van der Waals surface area contributed by atoms with Crippen molar-refractivity contribution in [2.24, 2.45) is 35.0 Å². The van der Waals surface area contributed by atoms with Gasteiger partial charge in [0.25, 0.3) is 0 Å². The van der Waals surface area contributed by atoms with Crippen LogP contribution in [0.15, 0.2) is 12.2 Å². The highest BCUT2D eigenvalue weighted by atomic mass is 16.3. The molecule has 0 heterocycles. The second kappa shape index (κ2) is 4.35. The van der Waals surface area contributed by atoms with Crippen molar-refractivity contribution >= 4 is 0 Å². The molecule has 7 unspecified atom stereocenters. The first-order valence-corrected chi connectivity index (χ1v) is 8.53. The van der Waals surface area contributed by atoms with Gasteiger partial charge in [-0.1, -0.05) is 19.1 Å². The predicted octanol–water partition coefficient (Wildman–Crippen LogP) is 4.17. The van der Waals surface area contributed by atoms with Gasteiger partial charge in [-0.2, -0.15) is 0 Å². The number of aliphatic hydroxyl groups excluding tert-OH is 1. The van der Waals surface area contributed by atoms with Gasteiger partial charge in [0.1, 0.15) is 0 Å². The van der Waals surface area contributed by atoms with Crippen LogP contribution in [0.5, 0.6) is 0 Å². The van der Waals surface area contributed by atoms with Crippen LogP contribution in [0.4, 0.5) is 0 Å². The minimum absolute atomic E-state index is 0.0116. The van der Waals surface area contributed by atoms with Crippen LogP contribution in [0.25, 0.3) is 0 Å². The molecule has 0 aliphatic heterocycles. The molecule has 1 N–H and O–H groups in total. The molecule has 0 amide bonds. The molecule has 0 radical (unpaired) electrons. The zero-order chi connectivity index (χ0) is 13.0. The van der Waals surface area contributed by atoms with Crippen molar-refractivity contribution in [3.8, 4) is 0 Å². The van der Waals surface area contributed by atoms with E-state index in [9.17, 15) is 5.11 Å². The lowest BCUT2D eigenvalue weighted by molar-refractivity contribution is -0.0739. The molecule has 4 rings (SSSR count). The Labute approximate surface area is 117 Å². The minimum Gasteiger partial charge on any atom is -0.393 e. The van der Waals surface area contributed by atoms with Gasteiger partial charge in [-0.05, 0) is 86.4 Å². The van der Waals surface area contributed by atoms with E-state index in [1.807, 2.05) is 0 Å². The fourth-order valence-corrected chi connectivity index (χ4v) is 6.39. The SMILES string of the molecule is CC12CCC3C4CC=CCC4CCC3C1CCC2O. The first kappa shape index (κ1) is 12.4. The smallest absolute Gasteiger partial charge is 0.0596 e. The van der Waals surface area contributed by atoms with E-state index < -0.39 is 0 Å². The molecule has 3 fully saturated rings. The lowest BCUT2D eigenvalue weighted by Crippen LogP contribution is -2.48. The van der Waals surface area contributed by atoms with E-state index in [0.29, 0.717) is 0 Å². The van der Waals surface area contributed by atoms with Crippen LogP contribution in [-0.4, -0.2) is 11.2 Å². The Bertz CT molecular complexity index is 387. The summed E-state index contributed by atoms with van der Waals surface area (Å²) in [6.07, 6.45) is 15.5. The van der Waals surface area contributed by atoms with Gasteiger partial charge in [-0.25, -0.2) is 0 Å². The Morgan fingerprint density at radius 1 is 0.895 bits per heavy atom. The molecular formula is C18H28O. The van der Waals surface area contributed by atoms with Crippen molar-refractivity contribution < 1.29 is 5.11 Å². The summed E-state index contributed by atoms with van der Waals surface area (Å²) in [4.78, 5) is 0. The lowest BCUT2D eigenvalue weighted by atomic mass is 9.51. The maximum Gasteiger partial charge on any atom is 0.0596 e. The predicted molar refractivity (Wildman–Crippen MR) is 77.6 cm³/mol. The zero-order valence-corrected chi connectivity index (χ0v) is 12.2. The van der Waals surface area contributed by atoms with Crippen molar-refractivity contribution in [3.05, 3.63) is 12.2 Å². The molecule has 19 heavy (non-hydrogen) atoms. The molecule has 0 aromatic carbocycles. The average Bonchev–Trinajstić information content (AvgIpc) is 2.75. The Hall–Kier alpha value is -0.300. The van der Waals surface area contributed by atoms with E-state index >= 15 is 0 Å². The molecule has 4 aliphatic carbocycles. The third kappa shape index (κ3) is 1.70. The first-order chi connectivity index (χ1) is 9.20. The van der Waals surface area contributed by atoms with Gasteiger partial charge in [0.05, 0.1) is 6.10 Å². The summed E-state index contributed by atoms with van der Waals surface area (Å²) < 4.78 is 0. The third-order valence-corrected chi connectivity index (χ3v) is 7.48. The van der Waals surface area contributed by atoms with Crippen LogP contribution in [0.1, 0.15) is 58.3 Å². The highest BCUT2D eigenvalue weighted by molar-refractivity contribution is 5.08. The highest BCUT2D eigenvalue weighted by Crippen LogP contribution is 2.61. The lowest BCUT2D eigenvalue weighted by Gasteiger charge is -2.54. The fraction of sp³-hybridized carbons (Fsp3) is 0.889. The number of fused-ring (bicyclic) bond motifs is 5. The van der Waals surface area contributed by atoms with Crippen molar-refractivity contribution in [2.75, 3.05) is 0 Å². The zero-order valence-electron chi connectivity index (χ0n) is 12.2. The van der Waals surface area contributed by atoms with Crippen LogP contribution < -0.4 is 0 Å². The maximum atomic E-state index is 10.4. The van der Waals surface area contributed by atoms with Gasteiger partial charge in [0.2, 0.25) is 0 Å². The third-order valence-electron chi connectivity index (χ3n) is 7.48. The second-order valence-electron chi connectivity index (χ2n) is 8.02. The minimum atomic E-state index is -0.0116. The topological polar surface area (TPSA) is 20.2 Å². The Balaban J connectivity index is 1.61. The summed E-state index contributed by atoms with van der Waals surface area (Å²) in [5.41, 5.74) is 0.262. The van der Waals surface area contributed by atoms with Crippen LogP contribution in [-0.2, 0) is 0 Å². The molecule has 0 spiro atoms. The molecular weight excluding hydrogens is 232 g/mol. The average molecular weight is 260 g/mol. The largest absolute Gasteiger partial charge is 0.393 e. The van der Waals surface area contributed by atoms with Crippen molar-refractivity contribution in [3.63, 3.8) is 0 Å². The number of rotatable bonds is 0. The van der Waals surface area contributed by atoms with E-state index in [2.05, 4.69) is 19.1 Å². The normalized spacial score (nSPS) is 56.3. The molecule has 0 bridgehead atoms. The molecule has 4 aliphatic rings. The molecule has 3 saturated carbocycles. The van der Waals surface area contributed by atoms with Gasteiger partial charge in [-0.3, -0.25) is 0 Å². The summed E-state index contributed by atoms with van der Waals surface area (Å²) >= 11 is 0. The molecule has 0 aromatic heterocycles. The highest BCUT2D eigenvalue weighted by Gasteiger charge is 2.56. The number of hydrogen-bond donors (Lipinski definition) is 1. The van der Waals surface area contributed by atoms with Gasteiger partial charge >= 0.3 is 0 Å². The van der Waals surface area contributed by atoms with E-state index in [-0.39, 0.29) is 11.5 Å². The van der Waals surface area contributed by atoms with E-state index in [4.69, 9.17) is 0 Å². The molecule has 1 heteroatoms. The molecule has 1 nitrogen and oxygen atoms in total. The summed E-state index contributed by atoms with van der Waals surface area (Å²) in [6.45, 7) is 2.39. The van der Waals surface area contributed by atoms with Gasteiger partial charge in [0, 0.05) is 0 Å². The molecule has 7 atom stereocenters. The van der Waals surface area contributed by atoms with Gasteiger partial charge in [-0.15, -0.1) is 0 Å². The monoisotopic (exact) mass is 260 g/mol. The number of hydrogen-bond acceptors (Lipinski definition) is 1. The van der Waals surface area contributed by atoms with E-state index in [1.54, 1.807) is 0 Å².